The van der Waals surface area contributed by atoms with E-state index in [1.54, 1.807) is 0 Å². The third-order valence-electron chi connectivity index (χ3n) is 16.1. The van der Waals surface area contributed by atoms with Crippen LogP contribution in [0.3, 0.4) is 0 Å². The van der Waals surface area contributed by atoms with E-state index in [1.807, 2.05) is 0 Å². The fraction of sp³-hybridized carbons (Fsp3) is 1.00. The molecule has 4 unspecified atom stereocenters. The molecule has 1 saturated carbocycles. The Labute approximate surface area is 411 Å². The molecule has 0 spiro atoms. The molecule has 0 aromatic carbocycles. The standard InChI is InChI=1S/C48H105N5O8Si5/c1-12-54-63(39-25-38-53(63)62(9,10)11)46(27-32-47(44-50)29-20-26-45(42-47)43-49)28-33-48(66(59-17-6,60-18-7)61-19-8,30-21-34-51-36-23-40-64(51,55-13-2)56-14-3)31-22-35-52-37-24-41-65(52,57-15-4)58-16-5/h45-46H,12-44,49-50H2,1-11H3. The Morgan fingerprint density at radius 3 is 1.56 bits per heavy atom. The van der Waals surface area contributed by atoms with Gasteiger partial charge in [0.15, 0.2) is 0 Å². The third kappa shape index (κ3) is 14.2. The predicted octanol–water partition coefficient (Wildman–Crippen LogP) is 9.81. The van der Waals surface area contributed by atoms with Crippen LogP contribution < -0.4 is 11.5 Å². The van der Waals surface area contributed by atoms with Gasteiger partial charge in [-0.1, -0.05) is 26.1 Å². The second-order valence-corrected chi connectivity index (χ2v) is 39.5. The minimum absolute atomic E-state index is 0.142. The van der Waals surface area contributed by atoms with Crippen molar-refractivity contribution < 1.29 is 35.4 Å². The average molecular weight is 1020 g/mol. The molecule has 0 aromatic heterocycles. The highest BCUT2D eigenvalue weighted by Gasteiger charge is 2.62. The quantitative estimate of drug-likeness (QED) is 0.0584. The van der Waals surface area contributed by atoms with Crippen molar-refractivity contribution in [3.05, 3.63) is 0 Å². The summed E-state index contributed by atoms with van der Waals surface area (Å²) >= 11 is 0. The molecular formula is C48H105N5O8Si5. The third-order valence-corrected chi connectivity index (χ3v) is 37.8. The van der Waals surface area contributed by atoms with Gasteiger partial charge in [0.25, 0.3) is 8.48 Å². The van der Waals surface area contributed by atoms with Gasteiger partial charge in [0.1, 0.15) is 8.24 Å². The Balaban J connectivity index is 1.86. The van der Waals surface area contributed by atoms with Gasteiger partial charge in [0.05, 0.1) is 0 Å². The lowest BCUT2D eigenvalue weighted by Gasteiger charge is -2.51. The second-order valence-electron chi connectivity index (χ2n) is 21.1. The normalized spacial score (nSPS) is 26.2. The van der Waals surface area contributed by atoms with Crippen LogP contribution in [0.5, 0.6) is 0 Å². The van der Waals surface area contributed by atoms with Crippen LogP contribution >= 0.6 is 0 Å². The molecule has 4 N–H and O–H groups in total. The number of hydrogen-bond donors (Lipinski definition) is 2. The Bertz CT molecular complexity index is 1290. The monoisotopic (exact) mass is 1020 g/mol. The summed E-state index contributed by atoms with van der Waals surface area (Å²) in [7, 11) is -12.5. The molecule has 3 aliphatic heterocycles. The zero-order chi connectivity index (χ0) is 48.4. The van der Waals surface area contributed by atoms with Gasteiger partial charge in [-0.2, -0.15) is 0 Å². The maximum Gasteiger partial charge on any atom is 0.507 e. The van der Waals surface area contributed by atoms with E-state index >= 15 is 0 Å². The molecule has 4 fully saturated rings. The number of rotatable bonds is 35. The van der Waals surface area contributed by atoms with Gasteiger partial charge in [0.2, 0.25) is 0 Å². The molecule has 66 heavy (non-hydrogen) atoms. The molecule has 4 atom stereocenters. The highest BCUT2D eigenvalue weighted by Crippen LogP contribution is 2.57. The molecule has 3 saturated heterocycles. The summed E-state index contributed by atoms with van der Waals surface area (Å²) < 4.78 is 63.9. The van der Waals surface area contributed by atoms with Crippen molar-refractivity contribution in [2.75, 3.05) is 98.7 Å². The van der Waals surface area contributed by atoms with E-state index in [2.05, 4.69) is 88.4 Å². The van der Waals surface area contributed by atoms with E-state index in [1.165, 1.54) is 38.3 Å². The topological polar surface area (TPSA) is 136 Å². The molecule has 1 aliphatic carbocycles. The summed E-state index contributed by atoms with van der Waals surface area (Å²) in [6.45, 7) is 36.7. The van der Waals surface area contributed by atoms with Gasteiger partial charge >= 0.3 is 26.2 Å². The van der Waals surface area contributed by atoms with Crippen LogP contribution in [0.4, 0.5) is 0 Å². The van der Waals surface area contributed by atoms with E-state index in [-0.39, 0.29) is 10.5 Å². The summed E-state index contributed by atoms with van der Waals surface area (Å²) in [5.41, 5.74) is 13.9. The molecular weight excluding hydrogens is 915 g/mol. The van der Waals surface area contributed by atoms with E-state index in [0.717, 1.165) is 129 Å². The Morgan fingerprint density at radius 1 is 0.621 bits per heavy atom. The van der Waals surface area contributed by atoms with Crippen LogP contribution in [0.1, 0.15) is 152 Å². The lowest BCUT2D eigenvalue weighted by molar-refractivity contribution is 0.0331. The van der Waals surface area contributed by atoms with Crippen LogP contribution in [0.25, 0.3) is 0 Å². The Kier molecular flexibility index (Phi) is 25.2. The Morgan fingerprint density at radius 2 is 1.12 bits per heavy atom. The van der Waals surface area contributed by atoms with E-state index < -0.39 is 43.0 Å². The smallest absolute Gasteiger partial charge is 0.403 e. The number of nitrogens with two attached hydrogens (primary N) is 2. The van der Waals surface area contributed by atoms with Crippen LogP contribution in [0, 0.1) is 11.3 Å². The lowest BCUT2D eigenvalue weighted by Crippen LogP contribution is -2.64. The van der Waals surface area contributed by atoms with Gasteiger partial charge < -0.3 is 51.1 Å². The van der Waals surface area contributed by atoms with Crippen LogP contribution in [-0.4, -0.2) is 155 Å². The maximum absolute atomic E-state index is 7.47. The van der Waals surface area contributed by atoms with Gasteiger partial charge in [0, 0.05) is 70.0 Å². The zero-order valence-corrected chi connectivity index (χ0v) is 49.8. The van der Waals surface area contributed by atoms with Crippen molar-refractivity contribution in [3.8, 4) is 0 Å². The average Bonchev–Trinajstić information content (AvgIpc) is 4.02. The number of nitrogens with zero attached hydrogens (tertiary/aromatic N) is 3. The first-order chi connectivity index (χ1) is 31.7. The molecule has 18 heteroatoms. The summed E-state index contributed by atoms with van der Waals surface area (Å²) in [5, 5.41) is -0.318. The molecule has 4 aliphatic rings. The highest BCUT2D eigenvalue weighted by molar-refractivity contribution is 6.89. The maximum atomic E-state index is 7.47. The van der Waals surface area contributed by atoms with E-state index in [0.29, 0.717) is 57.7 Å². The first-order valence-electron chi connectivity index (χ1n) is 27.5. The van der Waals surface area contributed by atoms with Gasteiger partial charge in [-0.15, -0.1) is 0 Å². The predicted molar refractivity (Wildman–Crippen MR) is 283 cm³/mol. The number of hydrogen-bond acceptors (Lipinski definition) is 13. The first-order valence-corrected chi connectivity index (χ1v) is 38.8. The fourth-order valence-corrected chi connectivity index (χ4v) is 35.4. The minimum Gasteiger partial charge on any atom is -0.403 e. The molecule has 0 radical (unpaired) electrons. The molecule has 0 amide bonds. The highest BCUT2D eigenvalue weighted by atomic mass is 28.4. The first kappa shape index (κ1) is 59.1. The van der Waals surface area contributed by atoms with E-state index in [9.17, 15) is 0 Å². The molecule has 4 rings (SSSR count). The largest absolute Gasteiger partial charge is 0.507 e. The van der Waals surface area contributed by atoms with Crippen LogP contribution in [0.15, 0.2) is 0 Å². The van der Waals surface area contributed by atoms with Gasteiger partial charge in [-0.25, -0.2) is 0 Å². The van der Waals surface area contributed by atoms with Crippen molar-refractivity contribution >= 4 is 43.0 Å². The van der Waals surface area contributed by atoms with Crippen molar-refractivity contribution in [1.29, 1.82) is 0 Å². The zero-order valence-electron chi connectivity index (χ0n) is 44.8. The summed E-state index contributed by atoms with van der Waals surface area (Å²) in [6.07, 6.45) is 16.6. The fourth-order valence-electron chi connectivity index (χ4n) is 13.5. The van der Waals surface area contributed by atoms with Crippen LogP contribution in [0.2, 0.25) is 48.4 Å². The summed E-state index contributed by atoms with van der Waals surface area (Å²) in [5.74, 6) is 0.567. The SMILES string of the molecule is CCO[Si]1(OCC)CCCN1CCCC(CCCN1CCC[Si]1(OCC)OCC)(CCC(CCC1(CN)CCCC(CN)C1)[Si]1(OCC)CCCN1[Si](C)(C)C)[Si](OCC)(OCC)OCC. The minimum atomic E-state index is -3.36. The molecule has 3 heterocycles. The Hall–Kier alpha value is 0.564. The molecule has 0 aromatic rings. The lowest BCUT2D eigenvalue weighted by atomic mass is 9.67. The van der Waals surface area contributed by atoms with Crippen molar-refractivity contribution in [2.24, 2.45) is 22.8 Å². The van der Waals surface area contributed by atoms with Crippen molar-refractivity contribution in [3.63, 3.8) is 0 Å². The molecule has 0 bridgehead atoms. The van der Waals surface area contributed by atoms with Crippen molar-refractivity contribution in [1.82, 2.24) is 13.4 Å². The summed E-state index contributed by atoms with van der Waals surface area (Å²) in [4.78, 5) is 0. The van der Waals surface area contributed by atoms with E-state index in [4.69, 9.17) is 46.9 Å². The van der Waals surface area contributed by atoms with Gasteiger partial charge in [-0.05, 0) is 214 Å². The van der Waals surface area contributed by atoms with Gasteiger partial charge in [-0.3, -0.25) is 9.13 Å². The second kappa shape index (κ2) is 28.1. The summed E-state index contributed by atoms with van der Waals surface area (Å²) in [6, 6.07) is 3.28. The molecule has 13 nitrogen and oxygen atoms in total. The van der Waals surface area contributed by atoms with Crippen LogP contribution in [-0.2, 0) is 35.4 Å². The molecule has 390 valence electrons. The van der Waals surface area contributed by atoms with Crippen molar-refractivity contribution in [2.45, 2.75) is 200 Å².